The number of esters is 3. The fourth-order valence-electron chi connectivity index (χ4n) is 4.74. The zero-order chi connectivity index (χ0) is 38.2. The van der Waals surface area contributed by atoms with Crippen LogP contribution in [0.15, 0.2) is 0 Å². The molecule has 3 atom stereocenters. The summed E-state index contributed by atoms with van der Waals surface area (Å²) in [5.41, 5.74) is -6.86. The molecule has 24 heteroatoms. The maximum absolute atomic E-state index is 14.3. The summed E-state index contributed by atoms with van der Waals surface area (Å²) in [5.74, 6) is -41.8. The summed E-state index contributed by atoms with van der Waals surface area (Å²) in [7, 11) is -5.54. The van der Waals surface area contributed by atoms with E-state index in [9.17, 15) is 81.4 Å². The second-order valence-corrected chi connectivity index (χ2v) is 13.0. The molecule has 1 saturated heterocycles. The molecule has 0 aromatic rings. The predicted molar refractivity (Wildman–Crippen MR) is 131 cm³/mol. The summed E-state index contributed by atoms with van der Waals surface area (Å²) >= 11 is 0. The summed E-state index contributed by atoms with van der Waals surface area (Å²) in [5, 5.41) is 8.96. The summed E-state index contributed by atoms with van der Waals surface area (Å²) < 4.78 is 192. The number of hydrogen-bond donors (Lipinski definition) is 3. The highest BCUT2D eigenvalue weighted by Gasteiger charge is 2.88. The second kappa shape index (κ2) is 14.1. The molecule has 11 nitrogen and oxygen atoms in total. The minimum absolute atomic E-state index is 0.232. The first-order chi connectivity index (χ1) is 21.3. The van der Waals surface area contributed by atoms with Crippen LogP contribution in [0.4, 0.5) is 52.7 Å². The Labute approximate surface area is 263 Å². The molecular formula is C24H31F12O11P. The number of carbonyl (C=O) groups excluding carboxylic acids is 3. The van der Waals surface area contributed by atoms with Crippen molar-refractivity contribution in [3.05, 3.63) is 0 Å². The van der Waals surface area contributed by atoms with Crippen molar-refractivity contribution >= 4 is 25.7 Å². The van der Waals surface area contributed by atoms with Gasteiger partial charge in [0.25, 0.3) is 0 Å². The number of phosphoric acid groups is 1. The number of phosphoric ester groups is 1. The van der Waals surface area contributed by atoms with Crippen LogP contribution in [0.3, 0.4) is 0 Å². The van der Waals surface area contributed by atoms with Crippen LogP contribution in [0.5, 0.6) is 0 Å². The second-order valence-electron chi connectivity index (χ2n) is 11.8. The number of cyclic esters (lactones) is 1. The molecule has 0 aromatic heterocycles. The predicted octanol–water partition coefficient (Wildman–Crippen LogP) is 4.75. The topological polar surface area (TPSA) is 166 Å². The Morgan fingerprint density at radius 1 is 0.917 bits per heavy atom. The molecule has 0 saturated carbocycles. The summed E-state index contributed by atoms with van der Waals surface area (Å²) in [6, 6.07) is 0. The lowest BCUT2D eigenvalue weighted by Crippen LogP contribution is -2.69. The lowest BCUT2D eigenvalue weighted by atomic mass is 9.62. The van der Waals surface area contributed by atoms with Crippen LogP contribution in [0, 0.1) is 16.2 Å². The zero-order valence-corrected chi connectivity index (χ0v) is 26.1. The molecule has 0 radical (unpaired) electrons. The molecule has 0 spiro atoms. The Hall–Kier alpha value is -2.36. The van der Waals surface area contributed by atoms with Gasteiger partial charge in [-0.05, 0) is 40.0 Å². The van der Waals surface area contributed by atoms with Crippen LogP contribution in [0.1, 0.15) is 47.0 Å². The monoisotopic (exact) mass is 754 g/mol. The first-order valence-electron chi connectivity index (χ1n) is 13.3. The highest BCUT2D eigenvalue weighted by Crippen LogP contribution is 2.59. The average molecular weight is 754 g/mol. The van der Waals surface area contributed by atoms with Gasteiger partial charge in [-0.15, -0.1) is 0 Å². The third-order valence-corrected chi connectivity index (χ3v) is 8.12. The van der Waals surface area contributed by atoms with Gasteiger partial charge in [0.1, 0.15) is 24.7 Å². The molecule has 1 aliphatic heterocycles. The first-order valence-corrected chi connectivity index (χ1v) is 14.8. The van der Waals surface area contributed by atoms with E-state index in [1.54, 1.807) is 0 Å². The molecule has 48 heavy (non-hydrogen) atoms. The number of alkyl halides is 12. The van der Waals surface area contributed by atoms with Crippen molar-refractivity contribution < 1.29 is 105 Å². The van der Waals surface area contributed by atoms with Crippen LogP contribution >= 0.6 is 7.82 Å². The molecule has 3 N–H and O–H groups in total. The van der Waals surface area contributed by atoms with E-state index in [0.29, 0.717) is 13.8 Å². The SMILES string of the molecule is CCC(C)(CC1(CC(C)(C)C(=O)OCC(F)(F)C(F)(F)C(F)(F)C(F)(F)C(F)(F)C(F)F)C(=O)OCC1OP(=O)(O)O)C(=O)OCCO. The van der Waals surface area contributed by atoms with Gasteiger partial charge in [0.15, 0.2) is 6.61 Å². The van der Waals surface area contributed by atoms with E-state index in [2.05, 4.69) is 9.26 Å². The zero-order valence-electron chi connectivity index (χ0n) is 25.2. The summed E-state index contributed by atoms with van der Waals surface area (Å²) in [6.07, 6.45) is -10.0. The number of aliphatic hydroxyl groups excluding tert-OH is 1. The number of aliphatic hydroxyl groups is 1. The number of hydrogen-bond acceptors (Lipinski definition) is 9. The van der Waals surface area contributed by atoms with E-state index in [0.717, 1.165) is 6.92 Å². The third kappa shape index (κ3) is 8.15. The highest BCUT2D eigenvalue weighted by atomic mass is 31.2. The molecule has 1 fully saturated rings. The van der Waals surface area contributed by atoms with E-state index >= 15 is 0 Å². The van der Waals surface area contributed by atoms with Crippen molar-refractivity contribution in [2.24, 2.45) is 16.2 Å². The van der Waals surface area contributed by atoms with Crippen molar-refractivity contribution in [1.82, 2.24) is 0 Å². The first kappa shape index (κ1) is 43.7. The Bertz CT molecular complexity index is 1240. The van der Waals surface area contributed by atoms with Gasteiger partial charge in [0.2, 0.25) is 0 Å². The maximum atomic E-state index is 14.3. The molecule has 282 valence electrons. The quantitative estimate of drug-likeness (QED) is 0.0766. The van der Waals surface area contributed by atoms with Crippen molar-refractivity contribution in [2.45, 2.75) is 89.1 Å². The standard InChI is InChI=1S/C24H31F12O11P/c1-5-18(4,15(39)44-7-6-37)10-19(12(8-45-16(19)40)47-48(41,42)43)9-17(2,3)14(38)46-11-20(27,28)22(31,32)24(35,36)23(33,34)21(29,30)13(25)26/h12-13,37H,5-11H2,1-4H3,(H2,41,42,43). The lowest BCUT2D eigenvalue weighted by molar-refractivity contribution is -0.414. The van der Waals surface area contributed by atoms with Crippen molar-refractivity contribution in [2.75, 3.05) is 26.4 Å². The van der Waals surface area contributed by atoms with Crippen LogP contribution in [0.25, 0.3) is 0 Å². The number of halogens is 12. The molecule has 3 unspecified atom stereocenters. The van der Waals surface area contributed by atoms with E-state index in [1.807, 2.05) is 0 Å². The van der Waals surface area contributed by atoms with Gasteiger partial charge in [-0.25, -0.2) is 13.3 Å². The van der Waals surface area contributed by atoms with E-state index < -0.39 is 123 Å². The summed E-state index contributed by atoms with van der Waals surface area (Å²) in [6.45, 7) is -1.54. The molecule has 1 heterocycles. The van der Waals surface area contributed by atoms with Gasteiger partial charge in [0.05, 0.1) is 17.4 Å². The van der Waals surface area contributed by atoms with Crippen LogP contribution in [-0.4, -0.2) is 101 Å². The number of carbonyl (C=O) groups is 3. The lowest BCUT2D eigenvalue weighted by Gasteiger charge is -2.41. The molecular weight excluding hydrogens is 723 g/mol. The van der Waals surface area contributed by atoms with Crippen LogP contribution in [-0.2, 0) is 37.7 Å². The Morgan fingerprint density at radius 2 is 1.44 bits per heavy atom. The average Bonchev–Trinajstić information content (AvgIpc) is 3.21. The molecule has 1 rings (SSSR count). The smallest absolute Gasteiger partial charge is 0.463 e. The van der Waals surface area contributed by atoms with Gasteiger partial charge >= 0.3 is 61.8 Å². The van der Waals surface area contributed by atoms with E-state index in [1.165, 1.54) is 6.92 Å². The van der Waals surface area contributed by atoms with Crippen molar-refractivity contribution in [3.8, 4) is 0 Å². The van der Waals surface area contributed by atoms with Crippen molar-refractivity contribution in [1.29, 1.82) is 0 Å². The van der Waals surface area contributed by atoms with E-state index in [-0.39, 0.29) is 6.42 Å². The largest absolute Gasteiger partial charge is 0.470 e. The van der Waals surface area contributed by atoms with Gasteiger partial charge in [0, 0.05) is 0 Å². The molecule has 0 aliphatic carbocycles. The molecule has 1 aliphatic rings. The Balaban J connectivity index is 3.53. The Kier molecular flexibility index (Phi) is 12.8. The minimum atomic E-state index is -7.88. The van der Waals surface area contributed by atoms with Crippen LogP contribution < -0.4 is 0 Å². The summed E-state index contributed by atoms with van der Waals surface area (Å²) in [4.78, 5) is 57.6. The Morgan fingerprint density at radius 3 is 1.88 bits per heavy atom. The fourth-order valence-corrected chi connectivity index (χ4v) is 5.34. The fraction of sp³-hybridized carbons (Fsp3) is 0.875. The third-order valence-electron chi connectivity index (χ3n) is 7.59. The van der Waals surface area contributed by atoms with Gasteiger partial charge in [-0.3, -0.25) is 18.9 Å². The van der Waals surface area contributed by atoms with Crippen molar-refractivity contribution in [3.63, 3.8) is 0 Å². The molecule has 0 amide bonds. The molecule has 0 aromatic carbocycles. The highest BCUT2D eigenvalue weighted by molar-refractivity contribution is 7.46. The van der Waals surface area contributed by atoms with Gasteiger partial charge < -0.3 is 29.1 Å². The maximum Gasteiger partial charge on any atom is 0.470 e. The normalized spacial score (nSPS) is 21.6. The van der Waals surface area contributed by atoms with Gasteiger partial charge in [-0.1, -0.05) is 6.92 Å². The number of rotatable bonds is 18. The van der Waals surface area contributed by atoms with E-state index in [4.69, 9.17) is 14.6 Å². The van der Waals surface area contributed by atoms with Gasteiger partial charge in [-0.2, -0.15) is 43.9 Å². The van der Waals surface area contributed by atoms with Crippen LogP contribution in [0.2, 0.25) is 0 Å². The molecule has 0 bridgehead atoms. The number of ether oxygens (including phenoxy) is 3. The minimum Gasteiger partial charge on any atom is -0.463 e.